The second-order valence-electron chi connectivity index (χ2n) is 7.42. The van der Waals surface area contributed by atoms with Crippen LogP contribution in [0.4, 0.5) is 0 Å². The van der Waals surface area contributed by atoms with E-state index in [4.69, 9.17) is 14.2 Å². The van der Waals surface area contributed by atoms with Gasteiger partial charge in [0.2, 0.25) is 0 Å². The van der Waals surface area contributed by atoms with Crippen LogP contribution in [0.3, 0.4) is 0 Å². The number of nitrogens with zero attached hydrogens (tertiary/aromatic N) is 1. The molecule has 0 aromatic carbocycles. The van der Waals surface area contributed by atoms with Crippen molar-refractivity contribution in [1.82, 2.24) is 4.90 Å². The van der Waals surface area contributed by atoms with Crippen LogP contribution in [-0.2, 0) is 28.6 Å². The van der Waals surface area contributed by atoms with Crippen LogP contribution in [-0.4, -0.2) is 58.3 Å². The molecule has 0 saturated carbocycles. The molecule has 2 rings (SSSR count). The Morgan fingerprint density at radius 2 is 2.00 bits per heavy atom. The molecule has 1 unspecified atom stereocenters. The van der Waals surface area contributed by atoms with Crippen molar-refractivity contribution >= 4 is 29.6 Å². The topological polar surface area (TPSA) is 82.1 Å². The first-order valence-electron chi connectivity index (χ1n) is 8.74. The number of ether oxygens (including phenoxy) is 3. The molecule has 26 heavy (non-hydrogen) atoms. The highest BCUT2D eigenvalue weighted by molar-refractivity contribution is 8.00. The number of hydrogen-bond acceptors (Lipinski definition) is 7. The van der Waals surface area contributed by atoms with E-state index in [1.807, 2.05) is 13.8 Å². The van der Waals surface area contributed by atoms with Crippen LogP contribution in [0.2, 0.25) is 0 Å². The predicted molar refractivity (Wildman–Crippen MR) is 97.2 cm³/mol. The molecule has 1 fully saturated rings. The fraction of sp³-hybridized carbons (Fsp3) is 0.722. The molecule has 0 aromatic heterocycles. The van der Waals surface area contributed by atoms with E-state index in [1.165, 1.54) is 23.6 Å². The number of esters is 2. The van der Waals surface area contributed by atoms with Crippen LogP contribution < -0.4 is 0 Å². The van der Waals surface area contributed by atoms with Crippen molar-refractivity contribution < 1.29 is 28.6 Å². The summed E-state index contributed by atoms with van der Waals surface area (Å²) in [5, 5.41) is -0.264. The fourth-order valence-corrected chi connectivity index (χ4v) is 3.91. The summed E-state index contributed by atoms with van der Waals surface area (Å²) in [5.74, 6) is -0.818. The van der Waals surface area contributed by atoms with Crippen molar-refractivity contribution in [3.8, 4) is 0 Å². The Bertz CT molecular complexity index is 624. The molecule has 0 aliphatic carbocycles. The molecule has 0 spiro atoms. The van der Waals surface area contributed by atoms with E-state index in [9.17, 15) is 14.4 Å². The van der Waals surface area contributed by atoms with E-state index < -0.39 is 23.6 Å². The van der Waals surface area contributed by atoms with Crippen LogP contribution in [0.25, 0.3) is 0 Å². The number of hydrogen-bond donors (Lipinski definition) is 0. The largest absolute Gasteiger partial charge is 0.461 e. The maximum absolute atomic E-state index is 12.7. The molecule has 0 aromatic rings. The minimum absolute atomic E-state index is 0.0374. The van der Waals surface area contributed by atoms with Crippen LogP contribution in [0.1, 0.15) is 48.0 Å². The molecule has 2 heterocycles. The van der Waals surface area contributed by atoms with E-state index in [2.05, 4.69) is 0 Å². The van der Waals surface area contributed by atoms with Gasteiger partial charge >= 0.3 is 11.9 Å². The molecule has 0 bridgehead atoms. The summed E-state index contributed by atoms with van der Waals surface area (Å²) in [7, 11) is 0. The highest BCUT2D eigenvalue weighted by Crippen LogP contribution is 2.42. The first-order chi connectivity index (χ1) is 12.0. The highest BCUT2D eigenvalue weighted by Gasteiger charge is 2.55. The number of carbonyl (C=O) groups excluding carboxylic acids is 3. The van der Waals surface area contributed by atoms with Crippen molar-refractivity contribution in [3.05, 3.63) is 11.3 Å². The molecular weight excluding hydrogens is 358 g/mol. The van der Waals surface area contributed by atoms with Gasteiger partial charge in [-0.3, -0.25) is 14.5 Å². The Kier molecular flexibility index (Phi) is 6.39. The molecule has 0 N–H and O–H groups in total. The summed E-state index contributed by atoms with van der Waals surface area (Å²) < 4.78 is 16.3. The van der Waals surface area contributed by atoms with Gasteiger partial charge in [0.05, 0.1) is 6.10 Å². The molecule has 2 aliphatic heterocycles. The Morgan fingerprint density at radius 3 is 2.54 bits per heavy atom. The van der Waals surface area contributed by atoms with Gasteiger partial charge < -0.3 is 14.2 Å². The van der Waals surface area contributed by atoms with Gasteiger partial charge in [0, 0.05) is 18.2 Å². The zero-order chi connectivity index (χ0) is 19.6. The van der Waals surface area contributed by atoms with E-state index in [0.717, 1.165) is 6.42 Å². The average molecular weight is 385 g/mol. The van der Waals surface area contributed by atoms with Crippen molar-refractivity contribution in [2.24, 2.45) is 0 Å². The molecule has 2 aliphatic rings. The van der Waals surface area contributed by atoms with Crippen molar-refractivity contribution in [2.45, 2.75) is 71.1 Å². The van der Waals surface area contributed by atoms with Crippen molar-refractivity contribution in [1.29, 1.82) is 0 Å². The standard InChI is InChI=1S/C18H27NO6S/c1-7-10(2)24-14-15(21)19-13(17(22)25-18(4,5)6)12(8-23-11(3)20)9-26-16(14)19/h10,14,16H,7-9H2,1-6H3/t10?,14-,16+/m0/s1. The van der Waals surface area contributed by atoms with Crippen LogP contribution >= 0.6 is 11.8 Å². The van der Waals surface area contributed by atoms with Gasteiger partial charge in [-0.15, -0.1) is 11.8 Å². The van der Waals surface area contributed by atoms with E-state index in [-0.39, 0.29) is 29.7 Å². The van der Waals surface area contributed by atoms with Gasteiger partial charge in [-0.25, -0.2) is 4.79 Å². The molecule has 0 radical (unpaired) electrons. The molecule has 1 amide bonds. The normalized spacial score (nSPS) is 23.9. The zero-order valence-electron chi connectivity index (χ0n) is 16.2. The van der Waals surface area contributed by atoms with Gasteiger partial charge in [-0.1, -0.05) is 6.92 Å². The molecule has 1 saturated heterocycles. The Labute approximate surface area is 158 Å². The van der Waals surface area contributed by atoms with Gasteiger partial charge in [-0.05, 0) is 34.1 Å². The zero-order valence-corrected chi connectivity index (χ0v) is 17.0. The lowest BCUT2D eigenvalue weighted by Gasteiger charge is -2.50. The third kappa shape index (κ3) is 4.59. The number of thioether (sulfide) groups is 1. The minimum atomic E-state index is -0.697. The molecule has 3 atom stereocenters. The highest BCUT2D eigenvalue weighted by atomic mass is 32.2. The Hall–Kier alpha value is -1.54. The first kappa shape index (κ1) is 20.8. The van der Waals surface area contributed by atoms with Gasteiger partial charge in [-0.2, -0.15) is 0 Å². The summed E-state index contributed by atoms with van der Waals surface area (Å²) in [6.07, 6.45) is 0.193. The minimum Gasteiger partial charge on any atom is -0.461 e. The third-order valence-corrected chi connectivity index (χ3v) is 5.31. The van der Waals surface area contributed by atoms with E-state index in [1.54, 1.807) is 20.8 Å². The summed E-state index contributed by atoms with van der Waals surface area (Å²) in [6.45, 7) is 10.5. The number of carbonyl (C=O) groups is 3. The van der Waals surface area contributed by atoms with Crippen LogP contribution in [0, 0.1) is 0 Å². The monoisotopic (exact) mass is 385 g/mol. The second-order valence-corrected chi connectivity index (χ2v) is 8.52. The summed E-state index contributed by atoms with van der Waals surface area (Å²) >= 11 is 1.50. The van der Waals surface area contributed by atoms with E-state index >= 15 is 0 Å². The molecule has 7 nitrogen and oxygen atoms in total. The smallest absolute Gasteiger partial charge is 0.355 e. The average Bonchev–Trinajstić information content (AvgIpc) is 2.54. The van der Waals surface area contributed by atoms with Gasteiger partial charge in [0.1, 0.15) is 23.3 Å². The lowest BCUT2D eigenvalue weighted by molar-refractivity contribution is -0.173. The predicted octanol–water partition coefficient (Wildman–Crippen LogP) is 2.24. The molecular formula is C18H27NO6S. The maximum Gasteiger partial charge on any atom is 0.355 e. The second kappa shape index (κ2) is 8.00. The van der Waals surface area contributed by atoms with Crippen LogP contribution in [0.5, 0.6) is 0 Å². The lowest BCUT2D eigenvalue weighted by atomic mass is 10.0. The molecule has 8 heteroatoms. The van der Waals surface area contributed by atoms with Gasteiger partial charge in [0.25, 0.3) is 5.91 Å². The van der Waals surface area contributed by atoms with E-state index in [0.29, 0.717) is 11.3 Å². The number of β-lactam (4-membered cyclic amide) rings is 1. The van der Waals surface area contributed by atoms with Crippen LogP contribution in [0.15, 0.2) is 11.3 Å². The molecule has 146 valence electrons. The summed E-state index contributed by atoms with van der Waals surface area (Å²) in [6, 6.07) is 0. The Balaban J connectivity index is 2.27. The first-order valence-corrected chi connectivity index (χ1v) is 9.79. The third-order valence-electron chi connectivity index (χ3n) is 3.99. The quantitative estimate of drug-likeness (QED) is 0.512. The summed E-state index contributed by atoms with van der Waals surface area (Å²) in [5.41, 5.74) is 0.0574. The van der Waals surface area contributed by atoms with Crippen molar-refractivity contribution in [3.63, 3.8) is 0 Å². The fourth-order valence-electron chi connectivity index (χ4n) is 2.60. The SMILES string of the molecule is CCC(C)O[C@H]1C(=O)N2C(C(=O)OC(C)(C)C)=C(COC(C)=O)CS[C@H]12. The number of rotatable bonds is 6. The Morgan fingerprint density at radius 1 is 1.35 bits per heavy atom. The number of fused-ring (bicyclic) bond motifs is 1. The maximum atomic E-state index is 12.7. The number of amides is 1. The lowest BCUT2D eigenvalue weighted by Crippen LogP contribution is -2.66. The van der Waals surface area contributed by atoms with Crippen molar-refractivity contribution in [2.75, 3.05) is 12.4 Å². The van der Waals surface area contributed by atoms with Gasteiger partial charge in [0.15, 0.2) is 6.10 Å². The summed E-state index contributed by atoms with van der Waals surface area (Å²) in [4.78, 5) is 38.0.